The molecule has 16 heavy (non-hydrogen) atoms. The maximum Gasteiger partial charge on any atom is 0.0659 e. The van der Waals surface area contributed by atoms with Gasteiger partial charge in [-0.1, -0.05) is 12.1 Å². The van der Waals surface area contributed by atoms with Crippen molar-refractivity contribution in [2.45, 2.75) is 6.92 Å². The van der Waals surface area contributed by atoms with Crippen molar-refractivity contribution in [1.29, 1.82) is 0 Å². The minimum atomic E-state index is 0.758. The third-order valence-corrected chi connectivity index (χ3v) is 2.58. The van der Waals surface area contributed by atoms with Crippen LogP contribution in [0.15, 0.2) is 29.4 Å². The summed E-state index contributed by atoms with van der Waals surface area (Å²) in [6.07, 6.45) is 0. The Bertz CT molecular complexity index is 384. The van der Waals surface area contributed by atoms with Crippen molar-refractivity contribution in [1.82, 2.24) is 5.01 Å². The van der Waals surface area contributed by atoms with E-state index in [1.807, 2.05) is 36.2 Å². The summed E-state index contributed by atoms with van der Waals surface area (Å²) in [4.78, 5) is 0. The first-order chi connectivity index (χ1) is 7.75. The third-order valence-electron chi connectivity index (χ3n) is 2.58. The molecule has 2 rings (SSSR count). The zero-order valence-corrected chi connectivity index (χ0v) is 9.52. The highest BCUT2D eigenvalue weighted by Gasteiger charge is 2.08. The minimum absolute atomic E-state index is 0.758. The summed E-state index contributed by atoms with van der Waals surface area (Å²) in [5.74, 6) is 0. The molecule has 4 heteroatoms. The van der Waals surface area contributed by atoms with Crippen molar-refractivity contribution in [2.75, 3.05) is 32.0 Å². The van der Waals surface area contributed by atoms with Crippen LogP contribution in [0.25, 0.3) is 0 Å². The zero-order chi connectivity index (χ0) is 11.4. The second-order valence-electron chi connectivity index (χ2n) is 3.88. The number of anilines is 1. The Balaban J connectivity index is 2.10. The molecule has 0 unspecified atom stereocenters. The Morgan fingerprint density at radius 3 is 2.81 bits per heavy atom. The number of nitrogens with two attached hydrogens (primary N) is 1. The van der Waals surface area contributed by atoms with E-state index in [9.17, 15) is 0 Å². The molecule has 0 saturated carbocycles. The van der Waals surface area contributed by atoms with E-state index >= 15 is 0 Å². The molecule has 4 nitrogen and oxygen atoms in total. The first-order valence-electron chi connectivity index (χ1n) is 5.49. The molecule has 0 bridgehead atoms. The molecule has 0 spiro atoms. The Kier molecular flexibility index (Phi) is 3.41. The SMILES string of the molecule is C/C(=N\N1CCOCC1)c1cccc(N)c1. The van der Waals surface area contributed by atoms with Gasteiger partial charge in [0.2, 0.25) is 0 Å². The maximum absolute atomic E-state index is 5.74. The summed E-state index contributed by atoms with van der Waals surface area (Å²) in [5.41, 5.74) is 8.58. The number of hydrogen-bond acceptors (Lipinski definition) is 4. The van der Waals surface area contributed by atoms with Crippen LogP contribution in [0.5, 0.6) is 0 Å². The smallest absolute Gasteiger partial charge is 0.0659 e. The molecule has 86 valence electrons. The van der Waals surface area contributed by atoms with Gasteiger partial charge < -0.3 is 10.5 Å². The van der Waals surface area contributed by atoms with E-state index < -0.39 is 0 Å². The standard InChI is InChI=1S/C12H17N3O/c1-10(11-3-2-4-12(13)9-11)14-15-5-7-16-8-6-15/h2-4,9H,5-8,13H2,1H3/b14-10+. The molecule has 0 amide bonds. The average Bonchev–Trinajstić information content (AvgIpc) is 2.30. The lowest BCUT2D eigenvalue weighted by molar-refractivity contribution is 0.0393. The van der Waals surface area contributed by atoms with Gasteiger partial charge in [0.25, 0.3) is 0 Å². The molecule has 0 aliphatic carbocycles. The van der Waals surface area contributed by atoms with Gasteiger partial charge in [0.1, 0.15) is 0 Å². The molecule has 1 saturated heterocycles. The summed E-state index contributed by atoms with van der Waals surface area (Å²) in [7, 11) is 0. The quantitative estimate of drug-likeness (QED) is 0.603. The van der Waals surface area contributed by atoms with E-state index in [1.165, 1.54) is 0 Å². The second-order valence-corrected chi connectivity index (χ2v) is 3.88. The number of nitrogens with zero attached hydrogens (tertiary/aromatic N) is 2. The van der Waals surface area contributed by atoms with Crippen molar-refractivity contribution in [3.05, 3.63) is 29.8 Å². The molecule has 0 atom stereocenters. The Morgan fingerprint density at radius 2 is 2.12 bits per heavy atom. The first kappa shape index (κ1) is 11.0. The van der Waals surface area contributed by atoms with E-state index in [2.05, 4.69) is 5.10 Å². The number of hydrogen-bond donors (Lipinski definition) is 1. The molecular weight excluding hydrogens is 202 g/mol. The van der Waals surface area contributed by atoms with Gasteiger partial charge in [-0.3, -0.25) is 5.01 Å². The number of ether oxygens (including phenoxy) is 1. The fourth-order valence-corrected chi connectivity index (χ4v) is 1.69. The van der Waals surface area contributed by atoms with Crippen LogP contribution < -0.4 is 5.73 Å². The summed E-state index contributed by atoms with van der Waals surface area (Å²) in [5, 5.41) is 6.61. The Morgan fingerprint density at radius 1 is 1.38 bits per heavy atom. The van der Waals surface area contributed by atoms with Gasteiger partial charge in [-0.25, -0.2) is 0 Å². The molecule has 1 aliphatic rings. The summed E-state index contributed by atoms with van der Waals surface area (Å²) < 4.78 is 5.28. The van der Waals surface area contributed by atoms with Gasteiger partial charge in [0, 0.05) is 5.69 Å². The van der Waals surface area contributed by atoms with Crippen molar-refractivity contribution in [2.24, 2.45) is 5.10 Å². The van der Waals surface area contributed by atoms with E-state index in [-0.39, 0.29) is 0 Å². The van der Waals surface area contributed by atoms with Gasteiger partial charge in [-0.2, -0.15) is 5.10 Å². The highest BCUT2D eigenvalue weighted by Crippen LogP contribution is 2.09. The number of hydrazone groups is 1. The van der Waals surface area contributed by atoms with Crippen molar-refractivity contribution >= 4 is 11.4 Å². The average molecular weight is 219 g/mol. The van der Waals surface area contributed by atoms with Crippen LogP contribution in [-0.4, -0.2) is 37.0 Å². The number of nitrogen functional groups attached to an aromatic ring is 1. The van der Waals surface area contributed by atoms with E-state index in [1.54, 1.807) is 0 Å². The van der Waals surface area contributed by atoms with Gasteiger partial charge in [-0.15, -0.1) is 0 Å². The van der Waals surface area contributed by atoms with Crippen molar-refractivity contribution < 1.29 is 4.74 Å². The summed E-state index contributed by atoms with van der Waals surface area (Å²) >= 11 is 0. The molecule has 1 aliphatic heterocycles. The van der Waals surface area contributed by atoms with Crippen LogP contribution in [0.3, 0.4) is 0 Å². The lowest BCUT2D eigenvalue weighted by Crippen LogP contribution is -2.33. The lowest BCUT2D eigenvalue weighted by Gasteiger charge is -2.24. The Hall–Kier alpha value is -1.55. The molecule has 1 aromatic rings. The van der Waals surface area contributed by atoms with Crippen LogP contribution in [0, 0.1) is 0 Å². The predicted octanol–water partition coefficient (Wildman–Crippen LogP) is 1.33. The van der Waals surface area contributed by atoms with Crippen LogP contribution in [0.2, 0.25) is 0 Å². The summed E-state index contributed by atoms with van der Waals surface area (Å²) in [6, 6.07) is 7.80. The lowest BCUT2D eigenvalue weighted by atomic mass is 10.1. The van der Waals surface area contributed by atoms with Crippen LogP contribution in [-0.2, 0) is 4.74 Å². The fraction of sp³-hybridized carbons (Fsp3) is 0.417. The normalized spacial score (nSPS) is 17.6. The van der Waals surface area contributed by atoms with E-state index in [0.29, 0.717) is 0 Å². The molecular formula is C12H17N3O. The van der Waals surface area contributed by atoms with Crippen molar-refractivity contribution in [3.63, 3.8) is 0 Å². The predicted molar refractivity (Wildman–Crippen MR) is 65.5 cm³/mol. The monoisotopic (exact) mass is 219 g/mol. The zero-order valence-electron chi connectivity index (χ0n) is 9.52. The van der Waals surface area contributed by atoms with E-state index in [4.69, 9.17) is 10.5 Å². The van der Waals surface area contributed by atoms with Gasteiger partial charge in [0.15, 0.2) is 0 Å². The van der Waals surface area contributed by atoms with Crippen LogP contribution in [0.1, 0.15) is 12.5 Å². The second kappa shape index (κ2) is 4.99. The molecule has 2 N–H and O–H groups in total. The Labute approximate surface area is 95.7 Å². The number of morpholine rings is 1. The summed E-state index contributed by atoms with van der Waals surface area (Å²) in [6.45, 7) is 5.24. The van der Waals surface area contributed by atoms with Gasteiger partial charge in [-0.05, 0) is 24.6 Å². The largest absolute Gasteiger partial charge is 0.399 e. The molecule has 0 radical (unpaired) electrons. The molecule has 0 aromatic heterocycles. The third kappa shape index (κ3) is 2.73. The van der Waals surface area contributed by atoms with Gasteiger partial charge in [0.05, 0.1) is 32.0 Å². The molecule has 1 heterocycles. The number of benzene rings is 1. The minimum Gasteiger partial charge on any atom is -0.399 e. The van der Waals surface area contributed by atoms with Crippen LogP contribution >= 0.6 is 0 Å². The van der Waals surface area contributed by atoms with Crippen LogP contribution in [0.4, 0.5) is 5.69 Å². The maximum atomic E-state index is 5.74. The number of rotatable bonds is 2. The van der Waals surface area contributed by atoms with Gasteiger partial charge >= 0.3 is 0 Å². The van der Waals surface area contributed by atoms with E-state index in [0.717, 1.165) is 43.3 Å². The highest BCUT2D eigenvalue weighted by molar-refractivity contribution is 5.99. The molecule has 1 aromatic carbocycles. The first-order valence-corrected chi connectivity index (χ1v) is 5.49. The van der Waals surface area contributed by atoms with Crippen molar-refractivity contribution in [3.8, 4) is 0 Å². The highest BCUT2D eigenvalue weighted by atomic mass is 16.5. The fourth-order valence-electron chi connectivity index (χ4n) is 1.69. The molecule has 1 fully saturated rings. The topological polar surface area (TPSA) is 50.8 Å².